The molecule has 1 unspecified atom stereocenters. The Morgan fingerprint density at radius 2 is 2.38 bits per heavy atom. The third-order valence-electron chi connectivity index (χ3n) is 1.80. The van der Waals surface area contributed by atoms with Gasteiger partial charge in [0.15, 0.2) is 0 Å². The van der Waals surface area contributed by atoms with Crippen LogP contribution in [0.5, 0.6) is 0 Å². The highest BCUT2D eigenvalue weighted by molar-refractivity contribution is 7.80. The van der Waals surface area contributed by atoms with Crippen molar-refractivity contribution in [2.75, 3.05) is 5.75 Å². The summed E-state index contributed by atoms with van der Waals surface area (Å²) in [5, 5.41) is 7.05. The molecule has 0 fully saturated rings. The van der Waals surface area contributed by atoms with Crippen molar-refractivity contribution < 1.29 is 9.59 Å². The number of thiol groups is 1. The molecular weight excluding hydrogens is 246 g/mol. The van der Waals surface area contributed by atoms with E-state index in [1.165, 1.54) is 18.3 Å². The molecule has 1 rings (SSSR count). The first-order valence-corrected chi connectivity index (χ1v) is 6.23. The number of aromatic nitrogens is 1. The average molecular weight is 259 g/mol. The Balaban J connectivity index is 2.40. The van der Waals surface area contributed by atoms with Gasteiger partial charge < -0.3 is 10.6 Å². The van der Waals surface area contributed by atoms with Gasteiger partial charge in [0.2, 0.25) is 11.8 Å². The molecule has 2 N–H and O–H groups in total. The molecule has 0 bridgehead atoms. The van der Waals surface area contributed by atoms with Crippen LogP contribution in [0.4, 0.5) is 0 Å². The number of carbonyl (C=O) groups excluding carboxylic acids is 2. The smallest absolute Gasteiger partial charge is 0.243 e. The lowest BCUT2D eigenvalue weighted by atomic mass is 10.3. The predicted octanol–water partition coefficient (Wildman–Crippen LogP) is 0.194. The summed E-state index contributed by atoms with van der Waals surface area (Å²) >= 11 is 5.48. The predicted molar refractivity (Wildman–Crippen MR) is 65.4 cm³/mol. The molecule has 0 radical (unpaired) electrons. The second-order valence-corrected chi connectivity index (χ2v) is 4.22. The van der Waals surface area contributed by atoms with E-state index in [9.17, 15) is 9.59 Å². The molecule has 1 atom stereocenters. The van der Waals surface area contributed by atoms with Gasteiger partial charge in [-0.3, -0.25) is 9.59 Å². The molecule has 0 aliphatic carbocycles. The second-order valence-electron chi connectivity index (χ2n) is 3.13. The maximum atomic E-state index is 11.6. The van der Waals surface area contributed by atoms with Crippen molar-refractivity contribution in [3.8, 4) is 0 Å². The molecule has 0 aliphatic rings. The lowest BCUT2D eigenvalue weighted by molar-refractivity contribution is -0.127. The molecule has 5 nitrogen and oxygen atoms in total. The lowest BCUT2D eigenvalue weighted by Crippen LogP contribution is -2.47. The fourth-order valence-electron chi connectivity index (χ4n) is 1.07. The van der Waals surface area contributed by atoms with E-state index in [0.29, 0.717) is 6.54 Å². The summed E-state index contributed by atoms with van der Waals surface area (Å²) in [7, 11) is 0. The summed E-state index contributed by atoms with van der Waals surface area (Å²) in [5.74, 6) is -0.233. The van der Waals surface area contributed by atoms with E-state index < -0.39 is 6.04 Å². The molecule has 16 heavy (non-hydrogen) atoms. The highest BCUT2D eigenvalue weighted by Gasteiger charge is 2.17. The first-order chi connectivity index (χ1) is 7.63. The Labute approximate surface area is 103 Å². The zero-order valence-electron chi connectivity index (χ0n) is 8.77. The SMILES string of the molecule is CC(=O)NC(CS)C(=O)NCc1cscn1. The number of rotatable bonds is 5. The van der Waals surface area contributed by atoms with E-state index in [4.69, 9.17) is 0 Å². The van der Waals surface area contributed by atoms with Gasteiger partial charge in [-0.05, 0) is 0 Å². The monoisotopic (exact) mass is 259 g/mol. The van der Waals surface area contributed by atoms with Crippen molar-refractivity contribution in [2.45, 2.75) is 19.5 Å². The van der Waals surface area contributed by atoms with Crippen molar-refractivity contribution in [3.05, 3.63) is 16.6 Å². The largest absolute Gasteiger partial charge is 0.349 e. The van der Waals surface area contributed by atoms with Crippen LogP contribution in [0.1, 0.15) is 12.6 Å². The molecule has 1 heterocycles. The van der Waals surface area contributed by atoms with Gasteiger partial charge in [0.1, 0.15) is 6.04 Å². The van der Waals surface area contributed by atoms with Gasteiger partial charge in [-0.25, -0.2) is 4.98 Å². The Bertz CT molecular complexity index is 354. The Morgan fingerprint density at radius 1 is 1.62 bits per heavy atom. The minimum absolute atomic E-state index is 0.247. The molecule has 0 aliphatic heterocycles. The fourth-order valence-corrected chi connectivity index (χ4v) is 1.88. The quantitative estimate of drug-likeness (QED) is 0.661. The van der Waals surface area contributed by atoms with Gasteiger partial charge in [-0.1, -0.05) is 0 Å². The van der Waals surface area contributed by atoms with E-state index >= 15 is 0 Å². The molecule has 88 valence electrons. The van der Waals surface area contributed by atoms with E-state index in [2.05, 4.69) is 28.2 Å². The number of hydrogen-bond acceptors (Lipinski definition) is 5. The van der Waals surface area contributed by atoms with Crippen LogP contribution >= 0.6 is 24.0 Å². The Kier molecular flexibility index (Phi) is 5.27. The molecule has 0 spiro atoms. The molecule has 2 amide bonds. The van der Waals surface area contributed by atoms with E-state index in [1.807, 2.05) is 5.38 Å². The first-order valence-electron chi connectivity index (χ1n) is 4.66. The van der Waals surface area contributed by atoms with Gasteiger partial charge in [0.25, 0.3) is 0 Å². The number of nitrogens with one attached hydrogen (secondary N) is 2. The van der Waals surface area contributed by atoms with Crippen LogP contribution in [0, 0.1) is 0 Å². The number of thiazole rings is 1. The minimum Gasteiger partial charge on any atom is -0.349 e. The Hall–Kier alpha value is -1.08. The summed E-state index contributed by atoms with van der Waals surface area (Å²) in [6.45, 7) is 1.73. The third-order valence-corrected chi connectivity index (χ3v) is 2.80. The summed E-state index contributed by atoms with van der Waals surface area (Å²) in [6, 6.07) is -0.598. The Morgan fingerprint density at radius 3 is 2.88 bits per heavy atom. The van der Waals surface area contributed by atoms with Crippen molar-refractivity contribution in [1.82, 2.24) is 15.6 Å². The molecule has 0 aromatic carbocycles. The second kappa shape index (κ2) is 6.49. The van der Waals surface area contributed by atoms with Crippen molar-refractivity contribution in [2.24, 2.45) is 0 Å². The summed E-state index contributed by atoms with van der Waals surface area (Å²) in [6.07, 6.45) is 0. The molecule has 7 heteroatoms. The van der Waals surface area contributed by atoms with Crippen LogP contribution in [-0.4, -0.2) is 28.6 Å². The summed E-state index contributed by atoms with van der Waals surface area (Å²) < 4.78 is 0. The van der Waals surface area contributed by atoms with Crippen LogP contribution in [-0.2, 0) is 16.1 Å². The summed E-state index contributed by atoms with van der Waals surface area (Å²) in [4.78, 5) is 26.5. The maximum Gasteiger partial charge on any atom is 0.243 e. The van der Waals surface area contributed by atoms with Gasteiger partial charge in [-0.15, -0.1) is 11.3 Å². The highest BCUT2D eigenvalue weighted by atomic mass is 32.1. The minimum atomic E-state index is -0.598. The number of hydrogen-bond donors (Lipinski definition) is 3. The fraction of sp³-hybridized carbons (Fsp3) is 0.444. The zero-order valence-corrected chi connectivity index (χ0v) is 10.5. The number of carbonyl (C=O) groups is 2. The van der Waals surface area contributed by atoms with Crippen LogP contribution in [0.2, 0.25) is 0 Å². The van der Waals surface area contributed by atoms with Crippen molar-refractivity contribution in [3.63, 3.8) is 0 Å². The van der Waals surface area contributed by atoms with Crippen LogP contribution < -0.4 is 10.6 Å². The molecule has 1 aromatic rings. The number of amides is 2. The van der Waals surface area contributed by atoms with Crippen LogP contribution in [0.15, 0.2) is 10.9 Å². The van der Waals surface area contributed by atoms with Crippen LogP contribution in [0.25, 0.3) is 0 Å². The van der Waals surface area contributed by atoms with E-state index in [1.54, 1.807) is 5.51 Å². The normalized spacial score (nSPS) is 11.9. The molecule has 0 saturated carbocycles. The van der Waals surface area contributed by atoms with Gasteiger partial charge in [0, 0.05) is 18.1 Å². The molecule has 0 saturated heterocycles. The topological polar surface area (TPSA) is 71.1 Å². The first kappa shape index (κ1) is 13.0. The lowest BCUT2D eigenvalue weighted by Gasteiger charge is -2.14. The van der Waals surface area contributed by atoms with Crippen LogP contribution in [0.3, 0.4) is 0 Å². The number of nitrogens with zero attached hydrogens (tertiary/aromatic N) is 1. The third kappa shape index (κ3) is 4.19. The highest BCUT2D eigenvalue weighted by Crippen LogP contribution is 2.00. The average Bonchev–Trinajstić information content (AvgIpc) is 2.75. The molecular formula is C9H13N3O2S2. The van der Waals surface area contributed by atoms with Gasteiger partial charge in [-0.2, -0.15) is 12.6 Å². The van der Waals surface area contributed by atoms with Crippen molar-refractivity contribution >= 4 is 35.8 Å². The van der Waals surface area contributed by atoms with Gasteiger partial charge >= 0.3 is 0 Å². The zero-order chi connectivity index (χ0) is 12.0. The summed E-state index contributed by atoms with van der Waals surface area (Å²) in [5.41, 5.74) is 2.50. The van der Waals surface area contributed by atoms with Gasteiger partial charge in [0.05, 0.1) is 17.7 Å². The maximum absolute atomic E-state index is 11.6. The van der Waals surface area contributed by atoms with E-state index in [0.717, 1.165) is 5.69 Å². The van der Waals surface area contributed by atoms with Crippen molar-refractivity contribution in [1.29, 1.82) is 0 Å². The molecule has 1 aromatic heterocycles. The standard InChI is InChI=1S/C9H13N3O2S2/c1-6(13)12-8(3-15)9(14)10-2-7-4-16-5-11-7/h4-5,8,15H,2-3H2,1H3,(H,10,14)(H,12,13). The van der Waals surface area contributed by atoms with E-state index in [-0.39, 0.29) is 17.6 Å².